The quantitative estimate of drug-likeness (QED) is 0.591. The zero-order valence-corrected chi connectivity index (χ0v) is 12.7. The van der Waals surface area contributed by atoms with Crippen LogP contribution in [0.25, 0.3) is 16.6 Å². The minimum Gasteiger partial charge on any atom is -0.315 e. The van der Waals surface area contributed by atoms with Gasteiger partial charge in [0.2, 0.25) is 0 Å². The zero-order chi connectivity index (χ0) is 17.5. The van der Waals surface area contributed by atoms with Crippen molar-refractivity contribution in [2.75, 3.05) is 0 Å². The number of nitrogens with zero attached hydrogens (tertiary/aromatic N) is 2. The summed E-state index contributed by atoms with van der Waals surface area (Å²) < 4.78 is 54.3. The Morgan fingerprint density at radius 3 is 2.54 bits per heavy atom. The van der Waals surface area contributed by atoms with Crippen LogP contribution in [0.2, 0.25) is 0 Å². The van der Waals surface area contributed by atoms with Crippen LogP contribution < -0.4 is 0 Å². The number of aromatic nitrogens is 1. The highest BCUT2D eigenvalue weighted by molar-refractivity contribution is 5.88. The Morgan fingerprint density at radius 1 is 1.17 bits per heavy atom. The molecule has 0 spiro atoms. The third kappa shape index (κ3) is 2.62. The van der Waals surface area contributed by atoms with Gasteiger partial charge in [-0.05, 0) is 42.3 Å². The Morgan fingerprint density at radius 2 is 1.92 bits per heavy atom. The van der Waals surface area contributed by atoms with Gasteiger partial charge in [-0.3, -0.25) is 0 Å². The molecular formula is C18H12F4N2. The largest absolute Gasteiger partial charge is 0.416 e. The molecule has 0 aliphatic carbocycles. The Balaban J connectivity index is 2.29. The van der Waals surface area contributed by atoms with E-state index in [0.29, 0.717) is 22.9 Å². The van der Waals surface area contributed by atoms with E-state index in [9.17, 15) is 22.8 Å². The van der Waals surface area contributed by atoms with E-state index in [1.807, 2.05) is 6.07 Å². The fourth-order valence-electron chi connectivity index (χ4n) is 2.69. The first-order valence-corrected chi connectivity index (χ1v) is 7.26. The zero-order valence-electron chi connectivity index (χ0n) is 12.7. The van der Waals surface area contributed by atoms with Gasteiger partial charge in [0, 0.05) is 17.3 Å². The first-order valence-electron chi connectivity index (χ1n) is 7.26. The van der Waals surface area contributed by atoms with Crippen molar-refractivity contribution in [1.82, 2.24) is 4.57 Å². The number of rotatable bonds is 2. The van der Waals surface area contributed by atoms with Crippen molar-refractivity contribution >= 4 is 10.9 Å². The smallest absolute Gasteiger partial charge is 0.315 e. The molecule has 0 aliphatic rings. The van der Waals surface area contributed by atoms with Crippen molar-refractivity contribution in [1.29, 1.82) is 5.26 Å². The van der Waals surface area contributed by atoms with E-state index in [0.717, 1.165) is 12.1 Å². The first-order chi connectivity index (χ1) is 11.3. The lowest BCUT2D eigenvalue weighted by molar-refractivity contribution is -0.137. The summed E-state index contributed by atoms with van der Waals surface area (Å²) in [6.07, 6.45) is -2.59. The van der Waals surface area contributed by atoms with E-state index in [-0.39, 0.29) is 11.3 Å². The van der Waals surface area contributed by atoms with Crippen molar-refractivity contribution < 1.29 is 17.6 Å². The Bertz CT molecular complexity index is 962. The predicted octanol–water partition coefficient (Wildman–Crippen LogP) is 5.22. The lowest BCUT2D eigenvalue weighted by Crippen LogP contribution is -2.05. The summed E-state index contributed by atoms with van der Waals surface area (Å²) in [5.41, 5.74) is 0.648. The number of alkyl halides is 3. The van der Waals surface area contributed by atoms with Gasteiger partial charge in [0.1, 0.15) is 11.9 Å². The van der Waals surface area contributed by atoms with Crippen molar-refractivity contribution in [3.8, 4) is 11.8 Å². The van der Waals surface area contributed by atoms with E-state index in [1.165, 1.54) is 29.0 Å². The molecule has 3 aromatic rings. The van der Waals surface area contributed by atoms with Crippen LogP contribution in [0.15, 0.2) is 42.6 Å². The minimum atomic E-state index is -4.46. The molecule has 0 aliphatic heterocycles. The molecule has 6 heteroatoms. The highest BCUT2D eigenvalue weighted by Gasteiger charge is 2.30. The average molecular weight is 332 g/mol. The van der Waals surface area contributed by atoms with Gasteiger partial charge in [0.15, 0.2) is 0 Å². The number of aryl methyl sites for hydroxylation is 1. The van der Waals surface area contributed by atoms with Crippen LogP contribution in [-0.4, -0.2) is 4.57 Å². The summed E-state index contributed by atoms with van der Waals surface area (Å²) >= 11 is 0. The van der Waals surface area contributed by atoms with Gasteiger partial charge in [0.05, 0.1) is 16.6 Å². The molecule has 3 rings (SSSR count). The van der Waals surface area contributed by atoms with Gasteiger partial charge in [-0.2, -0.15) is 18.4 Å². The maximum atomic E-state index is 14.0. The molecule has 0 saturated carbocycles. The number of hydrogen-bond acceptors (Lipinski definition) is 1. The molecule has 0 radical (unpaired) electrons. The fourth-order valence-corrected chi connectivity index (χ4v) is 2.69. The van der Waals surface area contributed by atoms with Crippen LogP contribution >= 0.6 is 0 Å². The number of hydrogen-bond donors (Lipinski definition) is 0. The van der Waals surface area contributed by atoms with Gasteiger partial charge in [-0.1, -0.05) is 13.0 Å². The monoisotopic (exact) mass is 332 g/mol. The van der Waals surface area contributed by atoms with Crippen molar-refractivity contribution in [3.05, 3.63) is 65.1 Å². The summed E-state index contributed by atoms with van der Waals surface area (Å²) in [6.45, 7) is 1.78. The van der Waals surface area contributed by atoms with Gasteiger partial charge in [-0.25, -0.2) is 4.39 Å². The second kappa shape index (κ2) is 5.68. The molecule has 0 amide bonds. The summed E-state index contributed by atoms with van der Waals surface area (Å²) in [7, 11) is 0. The summed E-state index contributed by atoms with van der Waals surface area (Å²) in [6, 6.07) is 9.61. The second-order valence-corrected chi connectivity index (χ2v) is 5.39. The first kappa shape index (κ1) is 16.1. The van der Waals surface area contributed by atoms with Crippen LogP contribution in [0, 0.1) is 17.1 Å². The molecule has 122 valence electrons. The maximum Gasteiger partial charge on any atom is 0.416 e. The third-order valence-corrected chi connectivity index (χ3v) is 3.93. The topological polar surface area (TPSA) is 28.7 Å². The molecule has 1 heterocycles. The molecule has 1 aromatic heterocycles. The highest BCUT2D eigenvalue weighted by Crippen LogP contribution is 2.32. The molecule has 0 saturated heterocycles. The van der Waals surface area contributed by atoms with Gasteiger partial charge < -0.3 is 4.57 Å². The van der Waals surface area contributed by atoms with Crippen LogP contribution in [0.4, 0.5) is 17.6 Å². The molecule has 2 nitrogen and oxygen atoms in total. The van der Waals surface area contributed by atoms with Gasteiger partial charge in [-0.15, -0.1) is 0 Å². The minimum absolute atomic E-state index is 0.212. The summed E-state index contributed by atoms with van der Waals surface area (Å²) in [5, 5.41) is 9.61. The third-order valence-electron chi connectivity index (χ3n) is 3.93. The van der Waals surface area contributed by atoms with Crippen molar-refractivity contribution in [2.45, 2.75) is 19.5 Å². The molecular weight excluding hydrogens is 320 g/mol. The van der Waals surface area contributed by atoms with E-state index in [2.05, 4.69) is 0 Å². The van der Waals surface area contributed by atoms with Crippen molar-refractivity contribution in [2.24, 2.45) is 0 Å². The molecule has 24 heavy (non-hydrogen) atoms. The highest BCUT2D eigenvalue weighted by atomic mass is 19.4. The molecule has 0 N–H and O–H groups in total. The Kier molecular flexibility index (Phi) is 3.80. The van der Waals surface area contributed by atoms with E-state index in [1.54, 1.807) is 13.0 Å². The number of halogens is 4. The Hall–Kier alpha value is -2.81. The van der Waals surface area contributed by atoms with E-state index < -0.39 is 17.6 Å². The summed E-state index contributed by atoms with van der Waals surface area (Å²) in [4.78, 5) is 0. The maximum absolute atomic E-state index is 14.0. The number of benzene rings is 2. The van der Waals surface area contributed by atoms with Gasteiger partial charge >= 0.3 is 6.18 Å². The molecule has 0 bridgehead atoms. The molecule has 0 unspecified atom stereocenters. The molecule has 2 aromatic carbocycles. The predicted molar refractivity (Wildman–Crippen MR) is 82.3 cm³/mol. The normalized spacial score (nSPS) is 11.7. The molecule has 0 fully saturated rings. The second-order valence-electron chi connectivity index (χ2n) is 5.39. The fraction of sp³-hybridized carbons (Fsp3) is 0.167. The van der Waals surface area contributed by atoms with Crippen LogP contribution in [0.5, 0.6) is 0 Å². The van der Waals surface area contributed by atoms with Gasteiger partial charge in [0.25, 0.3) is 0 Å². The Labute approximate surface area is 135 Å². The van der Waals surface area contributed by atoms with Crippen LogP contribution in [0.3, 0.4) is 0 Å². The van der Waals surface area contributed by atoms with Crippen molar-refractivity contribution in [3.63, 3.8) is 0 Å². The van der Waals surface area contributed by atoms with Crippen LogP contribution in [0.1, 0.15) is 23.6 Å². The summed E-state index contributed by atoms with van der Waals surface area (Å²) in [5.74, 6) is -0.428. The van der Waals surface area contributed by atoms with E-state index in [4.69, 9.17) is 0 Å². The lowest BCUT2D eigenvalue weighted by Gasteiger charge is -2.11. The number of fused-ring (bicyclic) bond motifs is 1. The average Bonchev–Trinajstić information content (AvgIpc) is 2.91. The van der Waals surface area contributed by atoms with Crippen LogP contribution in [-0.2, 0) is 12.6 Å². The SMILES string of the molecule is CCc1cc2c(cc1F)c(C#N)cn2-c1cccc(C(F)(F)F)c1. The van der Waals surface area contributed by atoms with E-state index >= 15 is 0 Å². The molecule has 0 atom stereocenters. The number of nitriles is 1. The lowest BCUT2D eigenvalue weighted by atomic mass is 10.1. The standard InChI is InChI=1S/C18H12F4N2/c1-2-11-6-17-15(8-16(11)19)12(9-23)10-24(17)14-5-3-4-13(7-14)18(20,21)22/h3-8,10H,2H2,1H3.